The lowest BCUT2D eigenvalue weighted by atomic mass is 10.1. The first-order valence-electron chi connectivity index (χ1n) is 3.17. The Morgan fingerprint density at radius 3 is 2.45 bits per heavy atom. The standard InChI is InChI=1S/C6H9NO3.H3N/c1-4-2-3-7(5(4)8)6(9)10;/h4H,2-3H2,1H3,(H,9,10);1H3. The molecule has 0 spiro atoms. The first-order chi connectivity index (χ1) is 4.63. The Hall–Kier alpha value is -1.10. The highest BCUT2D eigenvalue weighted by molar-refractivity contribution is 5.93. The Morgan fingerprint density at radius 1 is 1.73 bits per heavy atom. The van der Waals surface area contributed by atoms with E-state index in [1.165, 1.54) is 0 Å². The Labute approximate surface area is 64.6 Å². The zero-order valence-corrected chi connectivity index (χ0v) is 6.41. The summed E-state index contributed by atoms with van der Waals surface area (Å²) in [5.41, 5.74) is 0. The largest absolute Gasteiger partial charge is 0.465 e. The number of rotatable bonds is 0. The van der Waals surface area contributed by atoms with Crippen LogP contribution in [0.2, 0.25) is 0 Å². The van der Waals surface area contributed by atoms with E-state index in [1.54, 1.807) is 6.92 Å². The minimum atomic E-state index is -1.13. The van der Waals surface area contributed by atoms with Gasteiger partial charge < -0.3 is 11.3 Å². The lowest BCUT2D eigenvalue weighted by molar-refractivity contribution is -0.128. The Morgan fingerprint density at radius 2 is 2.27 bits per heavy atom. The second-order valence-electron chi connectivity index (χ2n) is 2.46. The van der Waals surface area contributed by atoms with Crippen LogP contribution in [0.3, 0.4) is 0 Å². The zero-order valence-electron chi connectivity index (χ0n) is 6.41. The fourth-order valence-corrected chi connectivity index (χ4v) is 1.01. The van der Waals surface area contributed by atoms with Gasteiger partial charge in [0.1, 0.15) is 0 Å². The fourth-order valence-electron chi connectivity index (χ4n) is 1.01. The summed E-state index contributed by atoms with van der Waals surface area (Å²) in [5, 5.41) is 8.41. The molecule has 0 saturated carbocycles. The number of carbonyl (C=O) groups is 2. The van der Waals surface area contributed by atoms with Gasteiger partial charge in [-0.05, 0) is 6.42 Å². The molecule has 5 heteroatoms. The van der Waals surface area contributed by atoms with Crippen molar-refractivity contribution in [3.8, 4) is 0 Å². The number of nitrogens with zero attached hydrogens (tertiary/aromatic N) is 1. The van der Waals surface area contributed by atoms with Crippen LogP contribution >= 0.6 is 0 Å². The zero-order chi connectivity index (χ0) is 7.72. The maximum atomic E-state index is 10.9. The van der Waals surface area contributed by atoms with Crippen LogP contribution in [0, 0.1) is 5.92 Å². The van der Waals surface area contributed by atoms with Crippen molar-refractivity contribution in [3.63, 3.8) is 0 Å². The van der Waals surface area contributed by atoms with Crippen molar-refractivity contribution in [1.82, 2.24) is 11.1 Å². The molecule has 1 heterocycles. The van der Waals surface area contributed by atoms with Crippen LogP contribution in [0.4, 0.5) is 4.79 Å². The fraction of sp³-hybridized carbons (Fsp3) is 0.667. The molecule has 2 amide bonds. The molecule has 4 N–H and O–H groups in total. The second-order valence-corrected chi connectivity index (χ2v) is 2.46. The van der Waals surface area contributed by atoms with E-state index in [0.29, 0.717) is 13.0 Å². The van der Waals surface area contributed by atoms with Gasteiger partial charge in [0.05, 0.1) is 0 Å². The molecular formula is C6H12N2O3. The van der Waals surface area contributed by atoms with Crippen molar-refractivity contribution < 1.29 is 14.7 Å². The lowest BCUT2D eigenvalue weighted by Crippen LogP contribution is -2.31. The number of likely N-dealkylation sites (tertiary alicyclic amines) is 1. The van der Waals surface area contributed by atoms with Gasteiger partial charge in [0, 0.05) is 12.5 Å². The van der Waals surface area contributed by atoms with E-state index in [-0.39, 0.29) is 18.0 Å². The molecule has 1 saturated heterocycles. The molecule has 1 fully saturated rings. The van der Waals surface area contributed by atoms with Crippen molar-refractivity contribution in [2.24, 2.45) is 5.92 Å². The van der Waals surface area contributed by atoms with Gasteiger partial charge in [-0.1, -0.05) is 6.92 Å². The van der Waals surface area contributed by atoms with Gasteiger partial charge in [0.15, 0.2) is 0 Å². The number of hydrogen-bond acceptors (Lipinski definition) is 3. The topological polar surface area (TPSA) is 92.6 Å². The van der Waals surface area contributed by atoms with Gasteiger partial charge in [0.25, 0.3) is 0 Å². The quantitative estimate of drug-likeness (QED) is 0.545. The predicted octanol–water partition coefficient (Wildman–Crippen LogP) is 0.695. The first-order valence-corrected chi connectivity index (χ1v) is 3.17. The third kappa shape index (κ3) is 1.68. The number of hydrogen-bond donors (Lipinski definition) is 2. The summed E-state index contributed by atoms with van der Waals surface area (Å²) in [4.78, 5) is 22.0. The SMILES string of the molecule is CC1CCN(C(=O)O)C1=O.N. The predicted molar refractivity (Wildman–Crippen MR) is 38.5 cm³/mol. The van der Waals surface area contributed by atoms with Crippen molar-refractivity contribution in [2.45, 2.75) is 13.3 Å². The molecular weight excluding hydrogens is 148 g/mol. The molecule has 1 aliphatic heterocycles. The van der Waals surface area contributed by atoms with Crippen molar-refractivity contribution in [3.05, 3.63) is 0 Å². The molecule has 0 aliphatic carbocycles. The van der Waals surface area contributed by atoms with E-state index in [4.69, 9.17) is 5.11 Å². The summed E-state index contributed by atoms with van der Waals surface area (Å²) >= 11 is 0. The summed E-state index contributed by atoms with van der Waals surface area (Å²) in [6.45, 7) is 2.10. The van der Waals surface area contributed by atoms with E-state index in [9.17, 15) is 9.59 Å². The lowest BCUT2D eigenvalue weighted by Gasteiger charge is -2.07. The Bertz CT molecular complexity index is 181. The average molecular weight is 160 g/mol. The highest BCUT2D eigenvalue weighted by Gasteiger charge is 2.31. The summed E-state index contributed by atoms with van der Waals surface area (Å²) in [5.74, 6) is -0.386. The van der Waals surface area contributed by atoms with Crippen molar-refractivity contribution in [2.75, 3.05) is 6.54 Å². The van der Waals surface area contributed by atoms with Crippen molar-refractivity contribution in [1.29, 1.82) is 0 Å². The van der Waals surface area contributed by atoms with Gasteiger partial charge >= 0.3 is 6.09 Å². The Kier molecular flexibility index (Phi) is 3.00. The highest BCUT2D eigenvalue weighted by atomic mass is 16.4. The van der Waals surface area contributed by atoms with Crippen LogP contribution in [0.5, 0.6) is 0 Å². The van der Waals surface area contributed by atoms with E-state index in [2.05, 4.69) is 0 Å². The number of carboxylic acid groups (broad SMARTS) is 1. The molecule has 5 nitrogen and oxygen atoms in total. The molecule has 0 aromatic rings. The molecule has 1 rings (SSSR count). The van der Waals surface area contributed by atoms with Gasteiger partial charge in [0.2, 0.25) is 5.91 Å². The third-order valence-corrected chi connectivity index (χ3v) is 1.70. The van der Waals surface area contributed by atoms with Crippen LogP contribution in [0.25, 0.3) is 0 Å². The van der Waals surface area contributed by atoms with Crippen LogP contribution in [0.1, 0.15) is 13.3 Å². The van der Waals surface area contributed by atoms with Gasteiger partial charge in [-0.2, -0.15) is 0 Å². The summed E-state index contributed by atoms with van der Waals surface area (Å²) in [6.07, 6.45) is -0.472. The van der Waals surface area contributed by atoms with E-state index < -0.39 is 6.09 Å². The second kappa shape index (κ2) is 3.34. The molecule has 1 atom stereocenters. The molecule has 0 aromatic carbocycles. The molecule has 1 aliphatic rings. The third-order valence-electron chi connectivity index (χ3n) is 1.70. The molecule has 64 valence electrons. The normalized spacial score (nSPS) is 23.2. The van der Waals surface area contributed by atoms with Gasteiger partial charge in [-0.25, -0.2) is 9.69 Å². The minimum Gasteiger partial charge on any atom is -0.465 e. The maximum Gasteiger partial charge on any atom is 0.414 e. The first kappa shape index (κ1) is 9.90. The number of imide groups is 1. The van der Waals surface area contributed by atoms with E-state index in [1.807, 2.05) is 0 Å². The van der Waals surface area contributed by atoms with Crippen LogP contribution in [0.15, 0.2) is 0 Å². The van der Waals surface area contributed by atoms with E-state index in [0.717, 1.165) is 4.90 Å². The molecule has 0 bridgehead atoms. The molecule has 0 aromatic heterocycles. The smallest absolute Gasteiger partial charge is 0.414 e. The van der Waals surface area contributed by atoms with Gasteiger partial charge in [-0.3, -0.25) is 4.79 Å². The van der Waals surface area contributed by atoms with Crippen LogP contribution in [-0.4, -0.2) is 28.6 Å². The monoisotopic (exact) mass is 160 g/mol. The minimum absolute atomic E-state index is 0. The van der Waals surface area contributed by atoms with Crippen LogP contribution < -0.4 is 6.15 Å². The van der Waals surface area contributed by atoms with Crippen molar-refractivity contribution >= 4 is 12.0 Å². The Balaban J connectivity index is 0.000001000. The summed E-state index contributed by atoms with van der Waals surface area (Å²) < 4.78 is 0. The summed E-state index contributed by atoms with van der Waals surface area (Å²) in [6, 6.07) is 0. The number of amides is 2. The summed E-state index contributed by atoms with van der Waals surface area (Å²) in [7, 11) is 0. The molecule has 11 heavy (non-hydrogen) atoms. The van der Waals surface area contributed by atoms with Gasteiger partial charge in [-0.15, -0.1) is 0 Å². The van der Waals surface area contributed by atoms with Crippen LogP contribution in [-0.2, 0) is 4.79 Å². The maximum absolute atomic E-state index is 10.9. The van der Waals surface area contributed by atoms with E-state index >= 15 is 0 Å². The average Bonchev–Trinajstić information content (AvgIpc) is 2.14. The molecule has 1 unspecified atom stereocenters. The highest BCUT2D eigenvalue weighted by Crippen LogP contribution is 2.16. The number of carbonyl (C=O) groups excluding carboxylic acids is 1. The molecule has 0 radical (unpaired) electrons.